The van der Waals surface area contributed by atoms with Crippen molar-refractivity contribution in [3.63, 3.8) is 0 Å². The van der Waals surface area contributed by atoms with Crippen LogP contribution in [0.4, 0.5) is 10.1 Å². The molecule has 0 saturated carbocycles. The number of methoxy groups -OCH3 is 2. The third kappa shape index (κ3) is 2.48. The van der Waals surface area contributed by atoms with Crippen LogP contribution in [0.15, 0.2) is 41.5 Å². The van der Waals surface area contributed by atoms with Crippen molar-refractivity contribution in [1.82, 2.24) is 4.90 Å². The Morgan fingerprint density at radius 3 is 2.72 bits per heavy atom. The lowest BCUT2D eigenvalue weighted by Crippen LogP contribution is -2.53. The van der Waals surface area contributed by atoms with Crippen molar-refractivity contribution in [2.75, 3.05) is 19.5 Å². The van der Waals surface area contributed by atoms with E-state index >= 15 is 0 Å². The first kappa shape index (κ1) is 19.3. The topological polar surface area (TPSA) is 84.9 Å². The molecule has 1 spiro atoms. The highest BCUT2D eigenvalue weighted by atomic mass is 19.1. The van der Waals surface area contributed by atoms with E-state index in [0.29, 0.717) is 17.6 Å². The molecule has 3 unspecified atom stereocenters. The molecule has 0 aromatic heterocycles. The number of carbonyl (C=O) groups is 3. The number of nitrogens with zero attached hydrogens (tertiary/aromatic N) is 1. The molecule has 0 bridgehead atoms. The lowest BCUT2D eigenvalue weighted by Gasteiger charge is -2.38. The lowest BCUT2D eigenvalue weighted by atomic mass is 9.81. The summed E-state index contributed by atoms with van der Waals surface area (Å²) in [5.41, 5.74) is -0.448. The van der Waals surface area contributed by atoms with E-state index in [-0.39, 0.29) is 23.3 Å². The van der Waals surface area contributed by atoms with Crippen molar-refractivity contribution in [3.05, 3.63) is 52.9 Å². The van der Waals surface area contributed by atoms with E-state index in [4.69, 9.17) is 4.74 Å². The molecule has 1 N–H and O–H groups in total. The molecule has 7 nitrogen and oxygen atoms in total. The van der Waals surface area contributed by atoms with Crippen LogP contribution >= 0.6 is 0 Å². The zero-order valence-electron chi connectivity index (χ0n) is 16.3. The summed E-state index contributed by atoms with van der Waals surface area (Å²) in [6.45, 7) is 1.97. The molecule has 152 valence electrons. The van der Waals surface area contributed by atoms with Crippen molar-refractivity contribution in [3.8, 4) is 0 Å². The normalized spacial score (nSPS) is 28.1. The van der Waals surface area contributed by atoms with Crippen LogP contribution in [0.1, 0.15) is 25.3 Å². The molecule has 0 aliphatic carbocycles. The average Bonchev–Trinajstić information content (AvgIpc) is 3.33. The Morgan fingerprint density at radius 1 is 1.28 bits per heavy atom. The molecule has 3 aliphatic heterocycles. The van der Waals surface area contributed by atoms with E-state index in [1.54, 1.807) is 6.07 Å². The molecule has 3 heterocycles. The summed E-state index contributed by atoms with van der Waals surface area (Å²) >= 11 is 0. The maximum atomic E-state index is 14.5. The Morgan fingerprint density at radius 2 is 2.03 bits per heavy atom. The summed E-state index contributed by atoms with van der Waals surface area (Å²) in [6, 6.07) is 4.08. The van der Waals surface area contributed by atoms with Gasteiger partial charge in [0.2, 0.25) is 0 Å². The Kier molecular flexibility index (Phi) is 4.53. The van der Waals surface area contributed by atoms with Gasteiger partial charge in [0.05, 0.1) is 25.5 Å². The van der Waals surface area contributed by atoms with Gasteiger partial charge in [0, 0.05) is 23.7 Å². The minimum atomic E-state index is -1.51. The Hall–Kier alpha value is -3.00. The number of amides is 1. The second kappa shape index (κ2) is 6.81. The van der Waals surface area contributed by atoms with E-state index < -0.39 is 29.2 Å². The Bertz CT molecular complexity index is 985. The minimum absolute atomic E-state index is 0.0522. The molecular weight excluding hydrogens is 379 g/mol. The first-order valence-corrected chi connectivity index (χ1v) is 9.35. The highest BCUT2D eigenvalue weighted by Gasteiger charge is 2.65. The van der Waals surface area contributed by atoms with Gasteiger partial charge in [-0.1, -0.05) is 12.1 Å². The molecule has 1 amide bonds. The maximum absolute atomic E-state index is 14.5. The van der Waals surface area contributed by atoms with Crippen LogP contribution in [0, 0.1) is 5.82 Å². The fourth-order valence-corrected chi connectivity index (χ4v) is 4.93. The molecule has 0 radical (unpaired) electrons. The Balaban J connectivity index is 2.04. The number of rotatable bonds is 3. The quantitative estimate of drug-likeness (QED) is 0.618. The van der Waals surface area contributed by atoms with Gasteiger partial charge < -0.3 is 14.8 Å². The summed E-state index contributed by atoms with van der Waals surface area (Å²) in [6.07, 6.45) is 4.20. The number of anilines is 1. The van der Waals surface area contributed by atoms with E-state index in [1.807, 2.05) is 11.8 Å². The van der Waals surface area contributed by atoms with Gasteiger partial charge in [-0.25, -0.2) is 14.0 Å². The highest BCUT2D eigenvalue weighted by molar-refractivity contribution is 6.15. The van der Waals surface area contributed by atoms with Crippen molar-refractivity contribution >= 4 is 23.5 Å². The number of nitrogens with one attached hydrogen (secondary N) is 1. The summed E-state index contributed by atoms with van der Waals surface area (Å²) in [7, 11) is 2.49. The third-order valence-electron chi connectivity index (χ3n) is 6.03. The van der Waals surface area contributed by atoms with E-state index in [2.05, 4.69) is 10.1 Å². The zero-order valence-corrected chi connectivity index (χ0v) is 16.3. The second-order valence-electron chi connectivity index (χ2n) is 7.35. The van der Waals surface area contributed by atoms with Crippen molar-refractivity contribution in [2.45, 2.75) is 37.4 Å². The fourth-order valence-electron chi connectivity index (χ4n) is 4.93. The van der Waals surface area contributed by atoms with Crippen LogP contribution in [-0.2, 0) is 29.4 Å². The number of benzene rings is 1. The first-order valence-electron chi connectivity index (χ1n) is 9.35. The van der Waals surface area contributed by atoms with Gasteiger partial charge in [-0.05, 0) is 37.5 Å². The average molecular weight is 400 g/mol. The molecule has 1 aromatic rings. The van der Waals surface area contributed by atoms with Crippen molar-refractivity contribution < 1.29 is 28.2 Å². The number of fused-ring (bicyclic) bond motifs is 4. The van der Waals surface area contributed by atoms with Crippen LogP contribution in [0.25, 0.3) is 0 Å². The van der Waals surface area contributed by atoms with Crippen LogP contribution in [0.5, 0.6) is 0 Å². The second-order valence-corrected chi connectivity index (χ2v) is 7.35. The van der Waals surface area contributed by atoms with Crippen LogP contribution in [0.3, 0.4) is 0 Å². The lowest BCUT2D eigenvalue weighted by molar-refractivity contribution is -0.140. The smallest absolute Gasteiger partial charge is 0.336 e. The molecule has 3 atom stereocenters. The summed E-state index contributed by atoms with van der Waals surface area (Å²) < 4.78 is 24.2. The number of para-hydroxylation sites is 1. The molecule has 1 fully saturated rings. The SMILES string of the molecule is COC(=O)/C=C/C1=C(C(=O)OC)C2(C(=O)Nc3c(F)cccc32)N2C(C)CCC12. The van der Waals surface area contributed by atoms with Gasteiger partial charge in [0.1, 0.15) is 5.82 Å². The van der Waals surface area contributed by atoms with Gasteiger partial charge in [0.15, 0.2) is 5.54 Å². The van der Waals surface area contributed by atoms with Gasteiger partial charge in [-0.15, -0.1) is 0 Å². The minimum Gasteiger partial charge on any atom is -0.466 e. The van der Waals surface area contributed by atoms with Crippen LogP contribution in [0.2, 0.25) is 0 Å². The number of esters is 2. The predicted octanol–water partition coefficient (Wildman–Crippen LogP) is 2.04. The van der Waals surface area contributed by atoms with Gasteiger partial charge in [0.25, 0.3) is 5.91 Å². The zero-order chi connectivity index (χ0) is 20.9. The van der Waals surface area contributed by atoms with E-state index in [0.717, 1.165) is 6.42 Å². The first-order chi connectivity index (χ1) is 13.9. The molecule has 1 saturated heterocycles. The third-order valence-corrected chi connectivity index (χ3v) is 6.03. The van der Waals surface area contributed by atoms with Crippen molar-refractivity contribution in [1.29, 1.82) is 0 Å². The number of carbonyl (C=O) groups excluding carboxylic acids is 3. The largest absolute Gasteiger partial charge is 0.466 e. The van der Waals surface area contributed by atoms with E-state index in [9.17, 15) is 18.8 Å². The predicted molar refractivity (Wildman–Crippen MR) is 101 cm³/mol. The maximum Gasteiger partial charge on any atom is 0.336 e. The molecular formula is C21H21FN2O5. The fraction of sp³-hybridized carbons (Fsp3) is 0.381. The number of halogens is 1. The van der Waals surface area contributed by atoms with Gasteiger partial charge in [-0.2, -0.15) is 0 Å². The highest BCUT2D eigenvalue weighted by Crippen LogP contribution is 2.57. The molecule has 3 aliphatic rings. The standard InChI is InChI=1S/C21H21FN2O5/c1-11-7-9-15-12(8-10-16(25)28-2)17(19(26)29-3)21(24(11)15)13-5-4-6-14(22)18(13)23-20(21)27/h4-6,8,10-11,15H,7,9H2,1-3H3,(H,23,27)/b10-8+. The molecule has 1 aromatic carbocycles. The monoisotopic (exact) mass is 400 g/mol. The van der Waals surface area contributed by atoms with Gasteiger partial charge >= 0.3 is 11.9 Å². The van der Waals surface area contributed by atoms with E-state index in [1.165, 1.54) is 38.5 Å². The van der Waals surface area contributed by atoms with Crippen molar-refractivity contribution in [2.24, 2.45) is 0 Å². The molecule has 29 heavy (non-hydrogen) atoms. The summed E-state index contributed by atoms with van der Waals surface area (Å²) in [4.78, 5) is 40.0. The van der Waals surface area contributed by atoms with Gasteiger partial charge in [-0.3, -0.25) is 9.69 Å². The number of hydrogen-bond donors (Lipinski definition) is 1. The molecule has 8 heteroatoms. The Labute approximate surface area is 167 Å². The van der Waals surface area contributed by atoms with Crippen LogP contribution in [-0.4, -0.2) is 49.0 Å². The number of ether oxygens (including phenoxy) is 2. The molecule has 4 rings (SSSR count). The summed E-state index contributed by atoms with van der Waals surface area (Å²) in [5.74, 6) is -2.34. The van der Waals surface area contributed by atoms with Crippen LogP contribution < -0.4 is 5.32 Å². The number of hydrogen-bond acceptors (Lipinski definition) is 6. The summed E-state index contributed by atoms with van der Waals surface area (Å²) in [5, 5.41) is 2.62.